The Balaban J connectivity index is 1.37. The van der Waals surface area contributed by atoms with Gasteiger partial charge in [-0.15, -0.1) is 11.3 Å². The number of thiophene rings is 1. The number of nitrogens with one attached hydrogen (secondary N) is 1. The number of aromatic nitrogens is 4. The summed E-state index contributed by atoms with van der Waals surface area (Å²) >= 11 is 1.70. The van der Waals surface area contributed by atoms with Crippen LogP contribution in [0.25, 0.3) is 10.2 Å². The average Bonchev–Trinajstić information content (AvgIpc) is 3.16. The fourth-order valence-electron chi connectivity index (χ4n) is 3.67. The van der Waals surface area contributed by atoms with Crippen molar-refractivity contribution >= 4 is 39.0 Å². The fraction of sp³-hybridized carbons (Fsp3) is 0.474. The van der Waals surface area contributed by atoms with E-state index in [0.29, 0.717) is 6.54 Å². The second kappa shape index (κ2) is 7.48. The molecule has 8 nitrogen and oxygen atoms in total. The van der Waals surface area contributed by atoms with E-state index < -0.39 is 0 Å². The maximum Gasteiger partial charge on any atom is 0.238 e. The number of carbonyl (C=O) groups excluding carboxylic acids is 1. The zero-order valence-corrected chi connectivity index (χ0v) is 17.5. The Labute approximate surface area is 168 Å². The lowest BCUT2D eigenvalue weighted by Gasteiger charge is -2.35. The molecule has 0 aromatic carbocycles. The summed E-state index contributed by atoms with van der Waals surface area (Å²) in [5.41, 5.74) is 2.63. The van der Waals surface area contributed by atoms with E-state index in [2.05, 4.69) is 43.2 Å². The molecule has 3 aromatic heterocycles. The molecule has 0 bridgehead atoms. The van der Waals surface area contributed by atoms with Crippen LogP contribution in [-0.4, -0.2) is 63.3 Å². The minimum absolute atomic E-state index is 0.00513. The minimum Gasteiger partial charge on any atom is -0.353 e. The normalized spacial score (nSPS) is 15.4. The maximum atomic E-state index is 12.5. The number of amides is 1. The molecule has 28 heavy (non-hydrogen) atoms. The predicted octanol–water partition coefficient (Wildman–Crippen LogP) is 2.11. The Morgan fingerprint density at radius 2 is 1.93 bits per heavy atom. The Morgan fingerprint density at radius 1 is 1.18 bits per heavy atom. The standard InChI is InChI=1S/C19H25N7OS/c1-12-9-15-18(20-11-21-19(15)28-12)26-7-5-25(6-8-26)10-16(27)22-17-13(2)23-24(4)14(17)3/h9,11H,5-8,10H2,1-4H3,(H,22,27). The highest BCUT2D eigenvalue weighted by molar-refractivity contribution is 7.18. The van der Waals surface area contributed by atoms with Crippen molar-refractivity contribution in [3.05, 3.63) is 28.7 Å². The van der Waals surface area contributed by atoms with Crippen LogP contribution in [0.1, 0.15) is 16.3 Å². The SMILES string of the molecule is Cc1cc2c(N3CCN(CC(=O)Nc4c(C)nn(C)c4C)CC3)ncnc2s1. The van der Waals surface area contributed by atoms with Gasteiger partial charge in [-0.25, -0.2) is 9.97 Å². The topological polar surface area (TPSA) is 79.2 Å². The van der Waals surface area contributed by atoms with E-state index in [1.165, 1.54) is 4.88 Å². The third-order valence-electron chi connectivity index (χ3n) is 5.24. The molecular weight excluding hydrogens is 374 g/mol. The van der Waals surface area contributed by atoms with E-state index in [-0.39, 0.29) is 5.91 Å². The van der Waals surface area contributed by atoms with Crippen molar-refractivity contribution in [2.75, 3.05) is 42.9 Å². The summed E-state index contributed by atoms with van der Waals surface area (Å²) in [5.74, 6) is 1.01. The highest BCUT2D eigenvalue weighted by Gasteiger charge is 2.22. The first kappa shape index (κ1) is 18.8. The van der Waals surface area contributed by atoms with E-state index in [1.807, 2.05) is 20.9 Å². The molecule has 4 rings (SSSR count). The molecule has 0 radical (unpaired) electrons. The van der Waals surface area contributed by atoms with E-state index in [0.717, 1.165) is 59.3 Å². The fourth-order valence-corrected chi connectivity index (χ4v) is 4.51. The summed E-state index contributed by atoms with van der Waals surface area (Å²) in [6.07, 6.45) is 1.64. The van der Waals surface area contributed by atoms with Gasteiger partial charge >= 0.3 is 0 Å². The van der Waals surface area contributed by atoms with Crippen molar-refractivity contribution < 1.29 is 4.79 Å². The van der Waals surface area contributed by atoms with Crippen molar-refractivity contribution in [3.63, 3.8) is 0 Å². The molecule has 0 spiro atoms. The number of hydrogen-bond acceptors (Lipinski definition) is 7. The quantitative estimate of drug-likeness (QED) is 0.724. The van der Waals surface area contributed by atoms with Crippen LogP contribution in [-0.2, 0) is 11.8 Å². The Morgan fingerprint density at radius 3 is 2.61 bits per heavy atom. The van der Waals surface area contributed by atoms with Crippen molar-refractivity contribution in [1.29, 1.82) is 0 Å². The summed E-state index contributed by atoms with van der Waals surface area (Å²) in [6.45, 7) is 9.70. The molecule has 1 N–H and O–H groups in total. The third kappa shape index (κ3) is 3.59. The Hall–Kier alpha value is -2.52. The van der Waals surface area contributed by atoms with Crippen molar-refractivity contribution in [2.45, 2.75) is 20.8 Å². The number of rotatable bonds is 4. The van der Waals surface area contributed by atoms with Crippen LogP contribution >= 0.6 is 11.3 Å². The summed E-state index contributed by atoms with van der Waals surface area (Å²) in [4.78, 5) is 28.2. The van der Waals surface area contributed by atoms with E-state index in [9.17, 15) is 4.79 Å². The Bertz CT molecular complexity index is 1020. The summed E-state index contributed by atoms with van der Waals surface area (Å²) < 4.78 is 1.79. The highest BCUT2D eigenvalue weighted by atomic mass is 32.1. The number of hydrogen-bond donors (Lipinski definition) is 1. The van der Waals surface area contributed by atoms with Gasteiger partial charge in [0.1, 0.15) is 17.0 Å². The van der Waals surface area contributed by atoms with Crippen LogP contribution in [0, 0.1) is 20.8 Å². The summed E-state index contributed by atoms with van der Waals surface area (Å²) in [6, 6.07) is 2.16. The molecule has 1 aliphatic heterocycles. The van der Waals surface area contributed by atoms with Crippen LogP contribution in [0.4, 0.5) is 11.5 Å². The van der Waals surface area contributed by atoms with Crippen LogP contribution in [0.15, 0.2) is 12.4 Å². The minimum atomic E-state index is 0.00513. The molecule has 0 saturated carbocycles. The highest BCUT2D eigenvalue weighted by Crippen LogP contribution is 2.30. The van der Waals surface area contributed by atoms with E-state index in [4.69, 9.17) is 0 Å². The van der Waals surface area contributed by atoms with Gasteiger partial charge < -0.3 is 10.2 Å². The number of aryl methyl sites for hydroxylation is 3. The predicted molar refractivity (Wildman–Crippen MR) is 112 cm³/mol. The number of carbonyl (C=O) groups is 1. The van der Waals surface area contributed by atoms with Gasteiger partial charge in [-0.3, -0.25) is 14.4 Å². The zero-order chi connectivity index (χ0) is 19.8. The monoisotopic (exact) mass is 399 g/mol. The average molecular weight is 400 g/mol. The lowest BCUT2D eigenvalue weighted by atomic mass is 10.2. The van der Waals surface area contributed by atoms with E-state index >= 15 is 0 Å². The lowest BCUT2D eigenvalue weighted by Crippen LogP contribution is -2.49. The molecule has 1 fully saturated rings. The molecule has 9 heteroatoms. The first-order chi connectivity index (χ1) is 13.4. The van der Waals surface area contributed by atoms with Crippen LogP contribution in [0.3, 0.4) is 0 Å². The largest absolute Gasteiger partial charge is 0.353 e. The number of nitrogens with zero attached hydrogens (tertiary/aromatic N) is 6. The first-order valence-electron chi connectivity index (χ1n) is 9.41. The Kier molecular flexibility index (Phi) is 5.03. The van der Waals surface area contributed by atoms with Gasteiger partial charge in [0.15, 0.2) is 0 Å². The summed E-state index contributed by atoms with van der Waals surface area (Å²) in [7, 11) is 1.89. The van der Waals surface area contributed by atoms with Crippen molar-refractivity contribution in [3.8, 4) is 0 Å². The zero-order valence-electron chi connectivity index (χ0n) is 16.7. The van der Waals surface area contributed by atoms with Crippen LogP contribution in [0.5, 0.6) is 0 Å². The second-order valence-corrected chi connectivity index (χ2v) is 8.49. The molecule has 1 aliphatic rings. The molecule has 1 saturated heterocycles. The van der Waals surface area contributed by atoms with Crippen LogP contribution in [0.2, 0.25) is 0 Å². The second-order valence-electron chi connectivity index (χ2n) is 7.25. The van der Waals surface area contributed by atoms with Gasteiger partial charge in [0.2, 0.25) is 5.91 Å². The molecule has 3 aromatic rings. The maximum absolute atomic E-state index is 12.5. The molecule has 0 aliphatic carbocycles. The molecule has 4 heterocycles. The number of piperazine rings is 1. The molecule has 1 amide bonds. The van der Waals surface area contributed by atoms with Crippen molar-refractivity contribution in [2.24, 2.45) is 7.05 Å². The van der Waals surface area contributed by atoms with Gasteiger partial charge in [-0.2, -0.15) is 5.10 Å². The smallest absolute Gasteiger partial charge is 0.238 e. The van der Waals surface area contributed by atoms with Gasteiger partial charge in [0, 0.05) is 38.1 Å². The number of fused-ring (bicyclic) bond motifs is 1. The lowest BCUT2D eigenvalue weighted by molar-refractivity contribution is -0.117. The molecule has 0 unspecified atom stereocenters. The van der Waals surface area contributed by atoms with Gasteiger partial charge in [0.25, 0.3) is 0 Å². The van der Waals surface area contributed by atoms with E-state index in [1.54, 1.807) is 22.3 Å². The molecule has 0 atom stereocenters. The first-order valence-corrected chi connectivity index (χ1v) is 10.2. The van der Waals surface area contributed by atoms with Gasteiger partial charge in [0.05, 0.1) is 29.0 Å². The molecule has 148 valence electrons. The van der Waals surface area contributed by atoms with Crippen LogP contribution < -0.4 is 10.2 Å². The van der Waals surface area contributed by atoms with Gasteiger partial charge in [-0.05, 0) is 26.8 Å². The number of anilines is 2. The third-order valence-corrected chi connectivity index (χ3v) is 6.20. The van der Waals surface area contributed by atoms with Crippen molar-refractivity contribution in [1.82, 2.24) is 24.6 Å². The molecular formula is C19H25N7OS. The summed E-state index contributed by atoms with van der Waals surface area (Å²) in [5, 5.41) is 8.49. The van der Waals surface area contributed by atoms with Gasteiger partial charge in [-0.1, -0.05) is 0 Å².